The molecule has 21 heavy (non-hydrogen) atoms. The van der Waals surface area contributed by atoms with Crippen molar-refractivity contribution in [3.05, 3.63) is 35.2 Å². The number of H-pyrrole nitrogens is 3. The molecule has 0 saturated carbocycles. The van der Waals surface area contributed by atoms with Crippen LogP contribution in [0, 0.1) is 6.92 Å². The summed E-state index contributed by atoms with van der Waals surface area (Å²) in [6, 6.07) is 4.37. The van der Waals surface area contributed by atoms with E-state index in [1.165, 1.54) is 33.4 Å². The normalized spacial score (nSPS) is 14.3. The molecule has 5 rings (SSSR count). The average molecular weight is 277 g/mol. The van der Waals surface area contributed by atoms with Crippen LogP contribution in [0.3, 0.4) is 0 Å². The largest absolute Gasteiger partial charge is 0.353 e. The first kappa shape index (κ1) is 11.1. The first-order valence-corrected chi connectivity index (χ1v) is 7.33. The van der Waals surface area contributed by atoms with E-state index in [9.17, 15) is 0 Å². The lowest BCUT2D eigenvalue weighted by molar-refractivity contribution is 0.832. The molecule has 4 aromatic rings. The maximum atomic E-state index is 4.53. The number of nitrogens with zero attached hydrogens (tertiary/aromatic N) is 2. The number of hydrogen-bond donors (Lipinski definition) is 3. The van der Waals surface area contributed by atoms with Crippen LogP contribution in [-0.2, 0) is 12.8 Å². The molecule has 1 aromatic carbocycles. The van der Waals surface area contributed by atoms with Crippen molar-refractivity contribution in [2.24, 2.45) is 0 Å². The number of hydrogen-bond acceptors (Lipinski definition) is 2. The van der Waals surface area contributed by atoms with Crippen LogP contribution >= 0.6 is 0 Å². The molecule has 0 unspecified atom stereocenters. The third kappa shape index (κ3) is 1.40. The van der Waals surface area contributed by atoms with Crippen LogP contribution in [0.25, 0.3) is 33.2 Å². The minimum Gasteiger partial charge on any atom is -0.353 e. The second kappa shape index (κ2) is 3.75. The highest BCUT2D eigenvalue weighted by Gasteiger charge is 2.22. The molecule has 0 radical (unpaired) electrons. The highest BCUT2D eigenvalue weighted by molar-refractivity contribution is 5.99. The smallest absolute Gasteiger partial charge is 0.112 e. The Bertz CT molecular complexity index is 985. The van der Waals surface area contributed by atoms with E-state index in [4.69, 9.17) is 0 Å². The summed E-state index contributed by atoms with van der Waals surface area (Å²) in [5, 5.41) is 17.3. The molecule has 0 spiro atoms. The van der Waals surface area contributed by atoms with Gasteiger partial charge >= 0.3 is 0 Å². The quantitative estimate of drug-likeness (QED) is 0.461. The Morgan fingerprint density at radius 3 is 2.90 bits per heavy atom. The number of rotatable bonds is 0. The molecule has 3 aromatic heterocycles. The topological polar surface area (TPSA) is 73.2 Å². The van der Waals surface area contributed by atoms with Crippen molar-refractivity contribution in [2.75, 3.05) is 0 Å². The zero-order chi connectivity index (χ0) is 14.0. The zero-order valence-electron chi connectivity index (χ0n) is 11.7. The monoisotopic (exact) mass is 277 g/mol. The second-order valence-corrected chi connectivity index (χ2v) is 5.86. The van der Waals surface area contributed by atoms with Crippen molar-refractivity contribution < 1.29 is 0 Å². The Balaban J connectivity index is 1.89. The molecule has 0 bridgehead atoms. The maximum Gasteiger partial charge on any atom is 0.112 e. The standard InChI is InChI=1S/C16H15N5/c1-8-10-3-2-4-11-12-6-13-9(7-17-20-13)5-14(12)18-15(11)16(10)21-19-8/h5-7,18H,2-4H2,1H3,(H,17,20)(H,19,21). The van der Waals surface area contributed by atoms with E-state index in [0.717, 1.165) is 35.9 Å². The van der Waals surface area contributed by atoms with Crippen molar-refractivity contribution in [1.82, 2.24) is 25.4 Å². The van der Waals surface area contributed by atoms with E-state index in [0.29, 0.717) is 0 Å². The van der Waals surface area contributed by atoms with E-state index >= 15 is 0 Å². The van der Waals surface area contributed by atoms with Crippen LogP contribution in [0.4, 0.5) is 0 Å². The Labute approximate surface area is 120 Å². The van der Waals surface area contributed by atoms with Gasteiger partial charge in [0, 0.05) is 27.5 Å². The van der Waals surface area contributed by atoms with Gasteiger partial charge in [0.05, 0.1) is 17.4 Å². The van der Waals surface area contributed by atoms with E-state index in [1.807, 2.05) is 6.20 Å². The van der Waals surface area contributed by atoms with Crippen LogP contribution < -0.4 is 0 Å². The molecule has 0 aliphatic heterocycles. The summed E-state index contributed by atoms with van der Waals surface area (Å²) in [6.45, 7) is 2.11. The van der Waals surface area contributed by atoms with Crippen molar-refractivity contribution >= 4 is 21.8 Å². The molecule has 5 nitrogen and oxygen atoms in total. The van der Waals surface area contributed by atoms with Gasteiger partial charge < -0.3 is 4.98 Å². The summed E-state index contributed by atoms with van der Waals surface area (Å²) in [7, 11) is 0. The fourth-order valence-electron chi connectivity index (χ4n) is 3.56. The molecule has 0 saturated heterocycles. The number of benzene rings is 1. The maximum absolute atomic E-state index is 4.53. The Morgan fingerprint density at radius 1 is 1.05 bits per heavy atom. The van der Waals surface area contributed by atoms with Crippen LogP contribution in [0.1, 0.15) is 23.2 Å². The molecule has 1 aliphatic carbocycles. The lowest BCUT2D eigenvalue weighted by Crippen LogP contribution is -1.87. The van der Waals surface area contributed by atoms with Gasteiger partial charge in [-0.1, -0.05) is 0 Å². The number of aromatic amines is 3. The molecular weight excluding hydrogens is 262 g/mol. The van der Waals surface area contributed by atoms with Crippen molar-refractivity contribution in [2.45, 2.75) is 26.2 Å². The molecular formula is C16H15N5. The fourth-order valence-corrected chi connectivity index (χ4v) is 3.56. The average Bonchev–Trinajstić information content (AvgIpc) is 3.13. The SMILES string of the molecule is Cc1[nH]nc2c1CCCc1c-2[nH]c2cc3cn[nH]c3cc12. The van der Waals surface area contributed by atoms with E-state index in [2.05, 4.69) is 44.4 Å². The Kier molecular flexibility index (Phi) is 1.99. The Hall–Kier alpha value is -2.56. The highest BCUT2D eigenvalue weighted by Crippen LogP contribution is 2.37. The van der Waals surface area contributed by atoms with Gasteiger partial charge in [-0.3, -0.25) is 10.2 Å². The summed E-state index contributed by atoms with van der Waals surface area (Å²) in [6.07, 6.45) is 5.21. The minimum absolute atomic E-state index is 1.09. The van der Waals surface area contributed by atoms with Crippen molar-refractivity contribution in [3.8, 4) is 11.4 Å². The molecule has 3 N–H and O–H groups in total. The molecule has 1 aliphatic rings. The number of nitrogens with one attached hydrogen (secondary N) is 3. The van der Waals surface area contributed by atoms with Gasteiger partial charge in [0.15, 0.2) is 0 Å². The summed E-state index contributed by atoms with van der Waals surface area (Å²) < 4.78 is 0. The minimum atomic E-state index is 1.09. The molecule has 3 heterocycles. The van der Waals surface area contributed by atoms with Gasteiger partial charge in [-0.25, -0.2) is 0 Å². The van der Waals surface area contributed by atoms with Crippen LogP contribution in [0.15, 0.2) is 18.3 Å². The van der Waals surface area contributed by atoms with Crippen molar-refractivity contribution in [1.29, 1.82) is 0 Å². The predicted octanol–water partition coefficient (Wildman–Crippen LogP) is 3.23. The summed E-state index contributed by atoms with van der Waals surface area (Å²) in [5.74, 6) is 0. The molecule has 0 amide bonds. The van der Waals surface area contributed by atoms with E-state index in [1.54, 1.807) is 0 Å². The molecule has 104 valence electrons. The lowest BCUT2D eigenvalue weighted by Gasteiger charge is -1.98. The summed E-state index contributed by atoms with van der Waals surface area (Å²) >= 11 is 0. The third-order valence-corrected chi connectivity index (χ3v) is 4.63. The Morgan fingerprint density at radius 2 is 1.95 bits per heavy atom. The highest BCUT2D eigenvalue weighted by atomic mass is 15.1. The third-order valence-electron chi connectivity index (χ3n) is 4.63. The van der Waals surface area contributed by atoms with Gasteiger partial charge in [-0.15, -0.1) is 0 Å². The predicted molar refractivity (Wildman–Crippen MR) is 82.3 cm³/mol. The first-order valence-electron chi connectivity index (χ1n) is 7.33. The zero-order valence-corrected chi connectivity index (χ0v) is 11.7. The number of fused-ring (bicyclic) bond motifs is 6. The van der Waals surface area contributed by atoms with Crippen LogP contribution in [-0.4, -0.2) is 25.4 Å². The van der Waals surface area contributed by atoms with Gasteiger partial charge in [0.25, 0.3) is 0 Å². The van der Waals surface area contributed by atoms with Crippen LogP contribution in [0.2, 0.25) is 0 Å². The second-order valence-electron chi connectivity index (χ2n) is 5.86. The molecule has 0 atom stereocenters. The van der Waals surface area contributed by atoms with E-state index < -0.39 is 0 Å². The number of aryl methyl sites for hydroxylation is 2. The molecule has 0 fully saturated rings. The fraction of sp³-hybridized carbons (Fsp3) is 0.250. The van der Waals surface area contributed by atoms with Gasteiger partial charge in [0.2, 0.25) is 0 Å². The van der Waals surface area contributed by atoms with Crippen molar-refractivity contribution in [3.63, 3.8) is 0 Å². The van der Waals surface area contributed by atoms with Gasteiger partial charge in [-0.05, 0) is 43.9 Å². The number of aromatic nitrogens is 5. The lowest BCUT2D eigenvalue weighted by atomic mass is 10.1. The van der Waals surface area contributed by atoms with E-state index in [-0.39, 0.29) is 0 Å². The van der Waals surface area contributed by atoms with Gasteiger partial charge in [0.1, 0.15) is 5.69 Å². The van der Waals surface area contributed by atoms with Gasteiger partial charge in [-0.2, -0.15) is 10.2 Å². The molecule has 5 heteroatoms. The summed E-state index contributed by atoms with van der Waals surface area (Å²) in [4.78, 5) is 3.58. The first-order chi connectivity index (χ1) is 10.3. The van der Waals surface area contributed by atoms with Crippen LogP contribution in [0.5, 0.6) is 0 Å². The summed E-state index contributed by atoms with van der Waals surface area (Å²) in [5.41, 5.74) is 8.46.